The second-order valence-electron chi connectivity index (χ2n) is 2.16. The summed E-state index contributed by atoms with van der Waals surface area (Å²) in [7, 11) is 0. The van der Waals surface area contributed by atoms with E-state index in [-0.39, 0.29) is 7.43 Å². The molecule has 0 spiro atoms. The van der Waals surface area contributed by atoms with E-state index >= 15 is 0 Å². The molecular weight excluding hydrogens is 389 g/mol. The second-order valence-corrected chi connectivity index (χ2v) is 2.16. The summed E-state index contributed by atoms with van der Waals surface area (Å²) in [6.07, 6.45) is 0. The van der Waals surface area contributed by atoms with Gasteiger partial charge in [-0.05, 0) is 13.8 Å². The molecule has 0 atom stereocenters. The fourth-order valence-electron chi connectivity index (χ4n) is 0.807. The van der Waals surface area contributed by atoms with Gasteiger partial charge >= 0.3 is 0 Å². The minimum atomic E-state index is 0. The maximum absolute atomic E-state index is 2.17. The fraction of sp³-hybridized carbons (Fsp3) is 0.364. The monoisotopic (exact) mass is 408 g/mol. The molecule has 1 aromatic carbocycles. The topological polar surface area (TPSA) is 0 Å². The average molecular weight is 408 g/mol. The quantitative estimate of drug-likeness (QED) is 0.574. The molecule has 76 valence electrons. The summed E-state index contributed by atoms with van der Waals surface area (Å²) in [5, 5.41) is 0. The number of benzene rings is 1. The minimum absolute atomic E-state index is 0. The van der Waals surface area contributed by atoms with Crippen molar-refractivity contribution in [3.63, 3.8) is 0 Å². The van der Waals surface area contributed by atoms with Crippen LogP contribution < -0.4 is 0 Å². The van der Waals surface area contributed by atoms with Crippen molar-refractivity contribution in [3.8, 4) is 0 Å². The normalized spacial score (nSPS) is 6.67. The first-order valence-electron chi connectivity index (χ1n) is 3.82. The summed E-state index contributed by atoms with van der Waals surface area (Å²) < 4.78 is 0. The Kier molecular flexibility index (Phi) is 12.8. The van der Waals surface area contributed by atoms with Crippen molar-refractivity contribution in [1.82, 2.24) is 0 Å². The molecule has 0 radical (unpaired) electrons. The molecule has 0 amide bonds. The van der Waals surface area contributed by atoms with Gasteiger partial charge < -0.3 is 7.43 Å². The maximum atomic E-state index is 2.17. The fourth-order valence-corrected chi connectivity index (χ4v) is 0.807. The van der Waals surface area contributed by atoms with Crippen LogP contribution in [-0.2, 0) is 0 Å². The molecule has 0 bridgehead atoms. The smallest absolute Gasteiger partial charge is 0 e. The Morgan fingerprint density at radius 1 is 0.917 bits per heavy atom. The van der Waals surface area contributed by atoms with Crippen LogP contribution in [0.25, 0.3) is 0 Å². The molecule has 0 N–H and O–H groups in total. The van der Waals surface area contributed by atoms with Gasteiger partial charge in [0.1, 0.15) is 0 Å². The molecule has 0 nitrogen and oxygen atoms in total. The van der Waals surface area contributed by atoms with Crippen molar-refractivity contribution in [1.29, 1.82) is 0 Å². The summed E-state index contributed by atoms with van der Waals surface area (Å²) in [4.78, 5) is 0. The second kappa shape index (κ2) is 9.22. The number of hydrogen-bond donors (Lipinski definition) is 0. The molecule has 0 aliphatic carbocycles. The summed E-state index contributed by atoms with van der Waals surface area (Å²) in [5.41, 5.74) is 2.68. The molecule has 1 heteroatoms. The van der Waals surface area contributed by atoms with Crippen LogP contribution in [0.4, 0.5) is 0 Å². The van der Waals surface area contributed by atoms with Crippen LogP contribution in [0, 0.1) is 21.3 Å². The largest absolute Gasteiger partial charge is 0.358 e. The van der Waals surface area contributed by atoms with Crippen LogP contribution in [0.15, 0.2) is 24.3 Å². The van der Waals surface area contributed by atoms with Gasteiger partial charge in [0.25, 0.3) is 0 Å². The Morgan fingerprint density at radius 3 is 1.42 bits per heavy atom. The molecular formula is C11H19Fm-. The van der Waals surface area contributed by atoms with E-state index in [2.05, 4.69) is 38.1 Å². The predicted molar refractivity (Wildman–Crippen MR) is 53.7 cm³/mol. The van der Waals surface area contributed by atoms with E-state index in [1.165, 1.54) is 11.1 Å². The molecule has 0 aromatic heterocycles. The Labute approximate surface area is 71.3 Å². The Morgan fingerprint density at radius 2 is 1.25 bits per heavy atom. The predicted octanol–water partition coefficient (Wildman–Crippen LogP) is 3.78. The standard InChI is InChI=1S/C8H10.C2H6.CH3.Fm/c1-7-4-3-5-8(2)6-7;1-2;;/h3-6H,1-2H3;1-2H3;1H3;/q;;-1;. The Bertz CT molecular complexity index is 165. The third kappa shape index (κ3) is 6.34. The van der Waals surface area contributed by atoms with Gasteiger partial charge in [0.05, 0.1) is 0 Å². The van der Waals surface area contributed by atoms with Crippen molar-refractivity contribution in [2.45, 2.75) is 27.7 Å². The number of rotatable bonds is 0. The van der Waals surface area contributed by atoms with Crippen molar-refractivity contribution in [2.24, 2.45) is 0 Å². The van der Waals surface area contributed by atoms with Crippen molar-refractivity contribution >= 4 is 0 Å². The zero-order valence-electron chi connectivity index (χ0n) is 8.60. The SMILES string of the molecule is CC.Cc1cccc(C)c1.[CH3-].[Fm]. The summed E-state index contributed by atoms with van der Waals surface area (Å²) in [6, 6.07) is 8.45. The molecule has 12 heavy (non-hydrogen) atoms. The van der Waals surface area contributed by atoms with Crippen LogP contribution in [0.2, 0.25) is 0 Å². The van der Waals surface area contributed by atoms with Gasteiger partial charge in [-0.2, -0.15) is 0 Å². The van der Waals surface area contributed by atoms with E-state index in [0.29, 0.717) is 0 Å². The van der Waals surface area contributed by atoms with E-state index in [4.69, 9.17) is 0 Å². The zero-order valence-corrected chi connectivity index (χ0v) is 11.0. The van der Waals surface area contributed by atoms with Gasteiger partial charge in [-0.25, -0.2) is 0 Å². The maximum Gasteiger partial charge on any atom is 0 e. The summed E-state index contributed by atoms with van der Waals surface area (Å²) in [6.45, 7) is 8.21. The molecule has 0 aliphatic rings. The van der Waals surface area contributed by atoms with Crippen LogP contribution in [0.3, 0.4) is 0 Å². The zero-order chi connectivity index (χ0) is 7.98. The third-order valence-corrected chi connectivity index (χ3v) is 1.17. The van der Waals surface area contributed by atoms with Crippen LogP contribution >= 0.6 is 0 Å². The van der Waals surface area contributed by atoms with E-state index in [1.54, 1.807) is 0 Å². The summed E-state index contributed by atoms with van der Waals surface area (Å²) >= 11 is 0. The first-order chi connectivity index (χ1) is 4.79. The number of aryl methyl sites for hydroxylation is 2. The molecule has 0 unspecified atom stereocenters. The van der Waals surface area contributed by atoms with Gasteiger partial charge in [-0.15, -0.1) is 0 Å². The Balaban J connectivity index is -0.000000189. The van der Waals surface area contributed by atoms with Crippen LogP contribution in [0.1, 0.15) is 25.0 Å². The summed E-state index contributed by atoms with van der Waals surface area (Å²) in [5.74, 6) is 0. The van der Waals surface area contributed by atoms with Crippen LogP contribution in [-0.4, -0.2) is 0 Å². The van der Waals surface area contributed by atoms with Gasteiger partial charge in [0, 0.05) is 0 Å². The molecule has 0 aliphatic heterocycles. The minimum Gasteiger partial charge on any atom is -0.358 e. The van der Waals surface area contributed by atoms with Crippen molar-refractivity contribution in [3.05, 3.63) is 42.8 Å². The van der Waals surface area contributed by atoms with Crippen molar-refractivity contribution < 1.29 is 0 Å². The van der Waals surface area contributed by atoms with E-state index in [1.807, 2.05) is 13.8 Å². The number of hydrogen-bond acceptors (Lipinski definition) is 0. The molecule has 1 rings (SSSR count). The third-order valence-electron chi connectivity index (χ3n) is 1.17. The molecule has 1 aromatic rings. The van der Waals surface area contributed by atoms with Gasteiger partial charge in [0.15, 0.2) is 0 Å². The van der Waals surface area contributed by atoms with Crippen molar-refractivity contribution in [2.75, 3.05) is 0 Å². The van der Waals surface area contributed by atoms with E-state index < -0.39 is 0 Å². The van der Waals surface area contributed by atoms with Crippen LogP contribution in [0.5, 0.6) is 0 Å². The Hall–Kier alpha value is -1.78. The molecule has 0 saturated carbocycles. The first kappa shape index (κ1) is 16.7. The average Bonchev–Trinajstić information content (AvgIpc) is 1.91. The molecule has 0 heterocycles. The molecule has 0 saturated heterocycles. The van der Waals surface area contributed by atoms with Gasteiger partial charge in [-0.3, -0.25) is 0 Å². The van der Waals surface area contributed by atoms with Gasteiger partial charge in [0.2, 0.25) is 0 Å². The van der Waals surface area contributed by atoms with Gasteiger partial charge in [-0.1, -0.05) is 49.2 Å². The van der Waals surface area contributed by atoms with E-state index in [0.717, 1.165) is 0 Å². The molecule has 0 fully saturated rings. The van der Waals surface area contributed by atoms with E-state index in [9.17, 15) is 0 Å². The first-order valence-corrected chi connectivity index (χ1v) is 3.82.